The SMILES string of the molecule is CC1(C)OB(C(=Cc2cc(C=O)cc(C=O)c2)CNC(=O)OCC2c3ccccc3-c3ccccc32)OC1(C)C. The van der Waals surface area contributed by atoms with E-state index in [1.54, 1.807) is 18.2 Å². The molecule has 0 unspecified atom stereocenters. The van der Waals surface area contributed by atoms with Gasteiger partial charge in [-0.1, -0.05) is 54.6 Å². The van der Waals surface area contributed by atoms with Gasteiger partial charge in [0, 0.05) is 23.6 Å². The van der Waals surface area contributed by atoms with E-state index in [0.29, 0.717) is 34.7 Å². The van der Waals surface area contributed by atoms with Crippen LogP contribution in [-0.2, 0) is 14.0 Å². The fraction of sp³-hybridized carbons (Fsp3) is 0.281. The largest absolute Gasteiger partial charge is 0.492 e. The first-order valence-corrected chi connectivity index (χ1v) is 13.3. The van der Waals surface area contributed by atoms with E-state index >= 15 is 0 Å². The van der Waals surface area contributed by atoms with E-state index in [9.17, 15) is 14.4 Å². The minimum Gasteiger partial charge on any atom is -0.449 e. The van der Waals surface area contributed by atoms with Gasteiger partial charge in [0.25, 0.3) is 0 Å². The summed E-state index contributed by atoms with van der Waals surface area (Å²) < 4.78 is 18.2. The fourth-order valence-corrected chi connectivity index (χ4v) is 5.16. The standard InChI is InChI=1S/C32H32BNO6/c1-31(2)32(3,4)40-33(39-31)24(16-21-13-22(18-35)15-23(14-21)19-36)17-34-30(37)38-20-29-27-11-7-5-9-25(27)26-10-6-8-12-28(26)29/h5-16,18-19,29H,17,20H2,1-4H3,(H,34,37). The van der Waals surface area contributed by atoms with Crippen LogP contribution in [0.4, 0.5) is 4.79 Å². The maximum absolute atomic E-state index is 12.9. The third kappa shape index (κ3) is 5.37. The van der Waals surface area contributed by atoms with Crippen LogP contribution in [-0.4, -0.2) is 50.1 Å². The molecule has 0 radical (unpaired) electrons. The van der Waals surface area contributed by atoms with E-state index in [1.165, 1.54) is 6.07 Å². The zero-order chi connectivity index (χ0) is 28.5. The Morgan fingerprint density at radius 1 is 0.850 bits per heavy atom. The Balaban J connectivity index is 1.33. The summed E-state index contributed by atoms with van der Waals surface area (Å²) >= 11 is 0. The molecule has 1 aliphatic carbocycles. The van der Waals surface area contributed by atoms with Gasteiger partial charge >= 0.3 is 13.2 Å². The zero-order valence-corrected chi connectivity index (χ0v) is 23.1. The number of nitrogens with one attached hydrogen (secondary N) is 1. The number of alkyl carbamates (subject to hydrolysis) is 1. The lowest BCUT2D eigenvalue weighted by molar-refractivity contribution is 0.00578. The molecule has 5 rings (SSSR count). The molecule has 0 spiro atoms. The molecule has 1 saturated heterocycles. The highest BCUT2D eigenvalue weighted by Gasteiger charge is 2.52. The van der Waals surface area contributed by atoms with Gasteiger partial charge in [-0.15, -0.1) is 0 Å². The highest BCUT2D eigenvalue weighted by atomic mass is 16.7. The lowest BCUT2D eigenvalue weighted by Crippen LogP contribution is -2.41. The normalized spacial score (nSPS) is 17.2. The van der Waals surface area contributed by atoms with Crippen LogP contribution in [0.3, 0.4) is 0 Å². The third-order valence-corrected chi connectivity index (χ3v) is 7.96. The Bertz CT molecular complexity index is 1410. The first-order chi connectivity index (χ1) is 19.1. The summed E-state index contributed by atoms with van der Waals surface area (Å²) in [6.45, 7) is 8.05. The highest BCUT2D eigenvalue weighted by molar-refractivity contribution is 6.56. The molecule has 0 bridgehead atoms. The van der Waals surface area contributed by atoms with E-state index in [1.807, 2.05) is 52.0 Å². The lowest BCUT2D eigenvalue weighted by atomic mass is 9.77. The number of carbonyl (C=O) groups is 3. The summed E-state index contributed by atoms with van der Waals surface area (Å²) in [5, 5.41) is 2.84. The quantitative estimate of drug-likeness (QED) is 0.286. The Labute approximate surface area is 234 Å². The summed E-state index contributed by atoms with van der Waals surface area (Å²) in [7, 11) is -0.751. The van der Waals surface area contributed by atoms with Crippen molar-refractivity contribution in [3.8, 4) is 11.1 Å². The van der Waals surface area contributed by atoms with Crippen LogP contribution in [0.15, 0.2) is 72.2 Å². The van der Waals surface area contributed by atoms with E-state index in [-0.39, 0.29) is 19.1 Å². The molecule has 3 aromatic carbocycles. The van der Waals surface area contributed by atoms with E-state index < -0.39 is 24.4 Å². The topological polar surface area (TPSA) is 90.9 Å². The molecular formula is C32H32BNO6. The average Bonchev–Trinajstić information content (AvgIpc) is 3.38. The summed E-state index contributed by atoms with van der Waals surface area (Å²) in [6, 6.07) is 21.2. The molecule has 0 atom stereocenters. The van der Waals surface area contributed by atoms with Gasteiger partial charge in [-0.05, 0) is 79.2 Å². The van der Waals surface area contributed by atoms with E-state index in [2.05, 4.69) is 29.6 Å². The molecule has 1 amide bonds. The molecule has 3 aromatic rings. The van der Waals surface area contributed by atoms with Gasteiger partial charge in [0.15, 0.2) is 0 Å². The Kier molecular flexibility index (Phi) is 7.49. The number of amides is 1. The second-order valence-electron chi connectivity index (χ2n) is 11.2. The predicted molar refractivity (Wildman–Crippen MR) is 154 cm³/mol. The van der Waals surface area contributed by atoms with Crippen LogP contribution >= 0.6 is 0 Å². The number of aldehydes is 2. The summed E-state index contributed by atoms with van der Waals surface area (Å²) in [5.41, 5.74) is 5.36. The number of rotatable bonds is 8. The smallest absolute Gasteiger partial charge is 0.449 e. The molecule has 1 heterocycles. The van der Waals surface area contributed by atoms with Crippen LogP contribution in [0.2, 0.25) is 0 Å². The van der Waals surface area contributed by atoms with Gasteiger partial charge in [0.1, 0.15) is 19.2 Å². The maximum atomic E-state index is 12.9. The average molecular weight is 537 g/mol. The lowest BCUT2D eigenvalue weighted by Gasteiger charge is -2.32. The van der Waals surface area contributed by atoms with Gasteiger partial charge in [-0.2, -0.15) is 0 Å². The number of hydrogen-bond donors (Lipinski definition) is 1. The summed E-state index contributed by atoms with van der Waals surface area (Å²) in [4.78, 5) is 35.8. The number of ether oxygens (including phenoxy) is 1. The van der Waals surface area contributed by atoms with Crippen LogP contribution in [0.1, 0.15) is 71.0 Å². The van der Waals surface area contributed by atoms with Crippen LogP contribution < -0.4 is 5.32 Å². The van der Waals surface area contributed by atoms with Crippen molar-refractivity contribution in [1.29, 1.82) is 0 Å². The Hall–Kier alpha value is -4.01. The van der Waals surface area contributed by atoms with Crippen molar-refractivity contribution >= 4 is 31.9 Å². The number of carbonyl (C=O) groups excluding carboxylic acids is 3. The van der Waals surface area contributed by atoms with Gasteiger partial charge in [0.05, 0.1) is 11.2 Å². The summed E-state index contributed by atoms with van der Waals surface area (Å²) in [6.07, 6.45) is 2.58. The Morgan fingerprint density at radius 3 is 1.88 bits per heavy atom. The molecule has 2 aliphatic rings. The first kappa shape index (κ1) is 27.6. The molecule has 1 aliphatic heterocycles. The van der Waals surface area contributed by atoms with E-state index in [4.69, 9.17) is 14.0 Å². The molecule has 204 valence electrons. The second kappa shape index (κ2) is 10.9. The minimum atomic E-state index is -0.751. The molecule has 1 fully saturated rings. The van der Waals surface area contributed by atoms with Gasteiger partial charge in [-0.3, -0.25) is 9.59 Å². The summed E-state index contributed by atoms with van der Waals surface area (Å²) in [5.74, 6) is -0.0518. The highest BCUT2D eigenvalue weighted by Crippen LogP contribution is 2.44. The van der Waals surface area contributed by atoms with Crippen molar-refractivity contribution < 1.29 is 28.4 Å². The molecule has 0 saturated carbocycles. The van der Waals surface area contributed by atoms with Gasteiger partial charge in [-0.25, -0.2) is 4.79 Å². The number of hydrogen-bond acceptors (Lipinski definition) is 6. The van der Waals surface area contributed by atoms with Gasteiger partial charge < -0.3 is 19.4 Å². The number of benzene rings is 3. The minimum absolute atomic E-state index is 0.0518. The fourth-order valence-electron chi connectivity index (χ4n) is 5.16. The van der Waals surface area contributed by atoms with Crippen LogP contribution in [0.5, 0.6) is 0 Å². The van der Waals surface area contributed by atoms with Crippen molar-refractivity contribution in [2.75, 3.05) is 13.2 Å². The third-order valence-electron chi connectivity index (χ3n) is 7.96. The molecule has 1 N–H and O–H groups in total. The van der Waals surface area contributed by atoms with Crippen molar-refractivity contribution in [1.82, 2.24) is 5.32 Å². The van der Waals surface area contributed by atoms with E-state index in [0.717, 1.165) is 22.3 Å². The monoisotopic (exact) mass is 537 g/mol. The van der Waals surface area contributed by atoms with Crippen molar-refractivity contribution in [2.24, 2.45) is 0 Å². The molecule has 40 heavy (non-hydrogen) atoms. The van der Waals surface area contributed by atoms with Crippen molar-refractivity contribution in [3.63, 3.8) is 0 Å². The Morgan fingerprint density at radius 2 is 1.35 bits per heavy atom. The molecule has 0 aromatic heterocycles. The zero-order valence-electron chi connectivity index (χ0n) is 23.1. The van der Waals surface area contributed by atoms with Gasteiger partial charge in [0.2, 0.25) is 0 Å². The first-order valence-electron chi connectivity index (χ1n) is 13.3. The predicted octanol–water partition coefficient (Wildman–Crippen LogP) is 5.87. The molecule has 8 heteroatoms. The van der Waals surface area contributed by atoms with Crippen LogP contribution in [0.25, 0.3) is 17.2 Å². The van der Waals surface area contributed by atoms with Crippen molar-refractivity contribution in [3.05, 3.63) is 100 Å². The van der Waals surface area contributed by atoms with Crippen molar-refractivity contribution in [2.45, 2.75) is 44.8 Å². The van der Waals surface area contributed by atoms with Crippen LogP contribution in [0, 0.1) is 0 Å². The molecule has 7 nitrogen and oxygen atoms in total. The molecular weight excluding hydrogens is 505 g/mol. The second-order valence-corrected chi connectivity index (χ2v) is 11.2. The number of fused-ring (bicyclic) bond motifs is 3. The maximum Gasteiger partial charge on any atom is 0.492 e.